The monoisotopic (exact) mass is 487 g/mol. The number of aromatic nitrogens is 2. The van der Waals surface area contributed by atoms with Gasteiger partial charge in [0.2, 0.25) is 0 Å². The molecule has 35 heavy (non-hydrogen) atoms. The summed E-state index contributed by atoms with van der Waals surface area (Å²) in [6.45, 7) is 0.406. The predicted octanol–water partition coefficient (Wildman–Crippen LogP) is 4.59. The normalized spacial score (nSPS) is 13.9. The van der Waals surface area contributed by atoms with Crippen molar-refractivity contribution in [3.05, 3.63) is 115 Å². The van der Waals surface area contributed by atoms with Crippen molar-refractivity contribution in [2.45, 2.75) is 44.8 Å². The topological polar surface area (TPSA) is 73.1 Å². The first-order chi connectivity index (χ1) is 17.0. The third-order valence-corrected chi connectivity index (χ3v) is 6.84. The molecule has 1 N–H and O–H groups in total. The fraction of sp³-hybridized carbons (Fsp3) is 0.250. The number of nitrogens with zero attached hydrogens (tertiary/aromatic N) is 2. The van der Waals surface area contributed by atoms with Crippen molar-refractivity contribution >= 4 is 28.4 Å². The van der Waals surface area contributed by atoms with Gasteiger partial charge >= 0.3 is 5.69 Å². The van der Waals surface area contributed by atoms with E-state index >= 15 is 0 Å². The first-order valence-corrected chi connectivity index (χ1v) is 12.2. The summed E-state index contributed by atoms with van der Waals surface area (Å²) in [4.78, 5) is 39.3. The number of carbonyl (C=O) groups excluding carboxylic acids is 1. The average Bonchev–Trinajstić information content (AvgIpc) is 3.38. The first-order valence-electron chi connectivity index (χ1n) is 11.9. The Kier molecular flexibility index (Phi) is 6.55. The minimum absolute atomic E-state index is 0.0878. The maximum Gasteiger partial charge on any atom is 0.332 e. The second kappa shape index (κ2) is 9.92. The summed E-state index contributed by atoms with van der Waals surface area (Å²) in [7, 11) is 0. The molecule has 1 fully saturated rings. The third kappa shape index (κ3) is 4.93. The number of amides is 1. The summed E-state index contributed by atoms with van der Waals surface area (Å²) < 4.78 is 2.85. The maximum atomic E-state index is 13.5. The molecule has 1 aromatic heterocycles. The average molecular weight is 488 g/mol. The van der Waals surface area contributed by atoms with Crippen LogP contribution >= 0.6 is 11.6 Å². The lowest BCUT2D eigenvalue weighted by atomic mass is 10.1. The number of hydrogen-bond donors (Lipinski definition) is 1. The zero-order valence-corrected chi connectivity index (χ0v) is 20.0. The zero-order valence-electron chi connectivity index (χ0n) is 19.2. The standard InChI is InChI=1S/C28H26ClN3O3/c29-22-7-5-6-20(16-22)18-31-25-11-4-3-10-24(25)27(34)32(28(31)35)17-19-12-14-21(15-13-19)26(33)30-23-8-1-2-9-23/h3-7,10-16,23H,1-2,8-9,17-18H2,(H,30,33). The van der Waals surface area contributed by atoms with E-state index < -0.39 is 5.69 Å². The molecule has 178 valence electrons. The van der Waals surface area contributed by atoms with Crippen LogP contribution in [0.1, 0.15) is 47.2 Å². The lowest BCUT2D eigenvalue weighted by Gasteiger charge is -2.15. The highest BCUT2D eigenvalue weighted by atomic mass is 35.5. The molecule has 4 aromatic rings. The molecule has 0 bridgehead atoms. The van der Waals surface area contributed by atoms with E-state index in [1.807, 2.05) is 24.3 Å². The van der Waals surface area contributed by atoms with Gasteiger partial charge in [-0.3, -0.25) is 18.7 Å². The first kappa shape index (κ1) is 23.1. The van der Waals surface area contributed by atoms with E-state index in [-0.39, 0.29) is 24.1 Å². The molecule has 0 unspecified atom stereocenters. The fourth-order valence-electron chi connectivity index (χ4n) is 4.76. The van der Waals surface area contributed by atoms with Gasteiger partial charge in [-0.15, -0.1) is 0 Å². The van der Waals surface area contributed by atoms with Gasteiger partial charge in [0.1, 0.15) is 0 Å². The summed E-state index contributed by atoms with van der Waals surface area (Å²) >= 11 is 6.14. The molecular weight excluding hydrogens is 462 g/mol. The number of fused-ring (bicyclic) bond motifs is 1. The van der Waals surface area contributed by atoms with E-state index in [9.17, 15) is 14.4 Å². The Labute approximate surface area is 207 Å². The second-order valence-electron chi connectivity index (χ2n) is 9.06. The molecule has 7 heteroatoms. The van der Waals surface area contributed by atoms with Gasteiger partial charge in [0, 0.05) is 16.6 Å². The van der Waals surface area contributed by atoms with Crippen molar-refractivity contribution < 1.29 is 4.79 Å². The van der Waals surface area contributed by atoms with Gasteiger partial charge in [0.05, 0.1) is 24.0 Å². The van der Waals surface area contributed by atoms with Crippen LogP contribution in [0.3, 0.4) is 0 Å². The number of rotatable bonds is 6. The van der Waals surface area contributed by atoms with Crippen LogP contribution in [0.4, 0.5) is 0 Å². The molecule has 1 aliphatic carbocycles. The van der Waals surface area contributed by atoms with Gasteiger partial charge in [-0.1, -0.05) is 60.8 Å². The molecule has 1 saturated carbocycles. The highest BCUT2D eigenvalue weighted by Crippen LogP contribution is 2.18. The molecule has 5 rings (SSSR count). The van der Waals surface area contributed by atoms with Crippen LogP contribution in [0.2, 0.25) is 5.02 Å². The maximum absolute atomic E-state index is 13.5. The van der Waals surface area contributed by atoms with Crippen molar-refractivity contribution in [1.82, 2.24) is 14.5 Å². The Morgan fingerprint density at radius 2 is 1.57 bits per heavy atom. The lowest BCUT2D eigenvalue weighted by Crippen LogP contribution is -2.40. The lowest BCUT2D eigenvalue weighted by molar-refractivity contribution is 0.0938. The highest BCUT2D eigenvalue weighted by molar-refractivity contribution is 6.30. The van der Waals surface area contributed by atoms with Gasteiger partial charge in [-0.2, -0.15) is 0 Å². The Morgan fingerprint density at radius 1 is 0.857 bits per heavy atom. The summed E-state index contributed by atoms with van der Waals surface area (Å²) in [5, 5.41) is 4.14. The van der Waals surface area contributed by atoms with Crippen molar-refractivity contribution in [2.75, 3.05) is 0 Å². The van der Waals surface area contributed by atoms with E-state index in [1.165, 1.54) is 4.57 Å². The molecule has 0 radical (unpaired) electrons. The molecule has 1 amide bonds. The number of nitrogens with one attached hydrogen (secondary N) is 1. The molecule has 0 aliphatic heterocycles. The van der Waals surface area contributed by atoms with Gasteiger partial charge in [0.25, 0.3) is 11.5 Å². The van der Waals surface area contributed by atoms with Crippen LogP contribution in [-0.4, -0.2) is 21.1 Å². The smallest absolute Gasteiger partial charge is 0.332 e. The van der Waals surface area contributed by atoms with Crippen molar-refractivity contribution in [1.29, 1.82) is 0 Å². The molecule has 0 saturated heterocycles. The second-order valence-corrected chi connectivity index (χ2v) is 9.50. The summed E-state index contributed by atoms with van der Waals surface area (Å²) in [5.41, 5.74) is 2.06. The SMILES string of the molecule is O=C(NC1CCCC1)c1ccc(Cn2c(=O)c3ccccc3n(Cc3cccc(Cl)c3)c2=O)cc1. The molecule has 0 atom stereocenters. The van der Waals surface area contributed by atoms with E-state index in [4.69, 9.17) is 11.6 Å². The molecule has 3 aromatic carbocycles. The molecule has 0 spiro atoms. The summed E-state index contributed by atoms with van der Waals surface area (Å²) in [6.07, 6.45) is 4.35. The van der Waals surface area contributed by atoms with E-state index in [0.717, 1.165) is 36.8 Å². The van der Waals surface area contributed by atoms with Crippen molar-refractivity contribution in [3.63, 3.8) is 0 Å². The van der Waals surface area contributed by atoms with Gasteiger partial charge in [-0.05, 0) is 60.4 Å². The van der Waals surface area contributed by atoms with Crippen molar-refractivity contribution in [3.8, 4) is 0 Å². The van der Waals surface area contributed by atoms with Crippen LogP contribution in [0, 0.1) is 0 Å². The summed E-state index contributed by atoms with van der Waals surface area (Å²) in [6, 6.07) is 21.8. The van der Waals surface area contributed by atoms with E-state index in [0.29, 0.717) is 28.0 Å². The Bertz CT molecular complexity index is 1500. The number of halogens is 1. The molecular formula is C28H26ClN3O3. The van der Waals surface area contributed by atoms with Gasteiger partial charge in [-0.25, -0.2) is 4.79 Å². The van der Waals surface area contributed by atoms with Crippen LogP contribution in [-0.2, 0) is 13.1 Å². The predicted molar refractivity (Wildman–Crippen MR) is 138 cm³/mol. The molecule has 6 nitrogen and oxygen atoms in total. The Balaban J connectivity index is 1.47. The minimum atomic E-state index is -0.392. The molecule has 1 aliphatic rings. The number of para-hydroxylation sites is 1. The number of benzene rings is 3. The van der Waals surface area contributed by atoms with Crippen LogP contribution in [0.25, 0.3) is 10.9 Å². The van der Waals surface area contributed by atoms with Crippen LogP contribution < -0.4 is 16.6 Å². The van der Waals surface area contributed by atoms with Crippen LogP contribution in [0.5, 0.6) is 0 Å². The quantitative estimate of drug-likeness (QED) is 0.432. The van der Waals surface area contributed by atoms with Crippen molar-refractivity contribution in [2.24, 2.45) is 0 Å². The van der Waals surface area contributed by atoms with E-state index in [2.05, 4.69) is 5.32 Å². The number of hydrogen-bond acceptors (Lipinski definition) is 3. The van der Waals surface area contributed by atoms with Gasteiger partial charge < -0.3 is 5.32 Å². The van der Waals surface area contributed by atoms with E-state index in [1.54, 1.807) is 53.1 Å². The van der Waals surface area contributed by atoms with Crippen LogP contribution in [0.15, 0.2) is 82.4 Å². The van der Waals surface area contributed by atoms with Gasteiger partial charge in [0.15, 0.2) is 0 Å². The summed E-state index contributed by atoms with van der Waals surface area (Å²) in [5.74, 6) is -0.0878. The fourth-order valence-corrected chi connectivity index (χ4v) is 4.98. The third-order valence-electron chi connectivity index (χ3n) is 6.61. The molecule has 1 heterocycles. The largest absolute Gasteiger partial charge is 0.349 e. The zero-order chi connectivity index (χ0) is 24.4. The highest BCUT2D eigenvalue weighted by Gasteiger charge is 2.18. The Hall–Kier alpha value is -3.64. The Morgan fingerprint density at radius 3 is 2.31 bits per heavy atom. The minimum Gasteiger partial charge on any atom is -0.349 e. The number of carbonyl (C=O) groups is 1.